The molecule has 0 bridgehead atoms. The molecule has 3 nitrogen and oxygen atoms in total. The molecule has 0 heterocycles. The molecule has 0 aliphatic heterocycles. The average molecular weight is 267 g/mol. The van der Waals surface area contributed by atoms with E-state index in [1.807, 2.05) is 5.01 Å². The number of unbranched alkanes of at least 4 members (excludes halogenated alkanes) is 4. The van der Waals surface area contributed by atoms with Gasteiger partial charge in [-0.2, -0.15) is 5.10 Å². The molecule has 3 heteroatoms. The van der Waals surface area contributed by atoms with Gasteiger partial charge in [0.25, 0.3) is 0 Å². The van der Waals surface area contributed by atoms with Crippen LogP contribution in [0.15, 0.2) is 17.0 Å². The lowest BCUT2D eigenvalue weighted by molar-refractivity contribution is 0.336. The number of nitrogens with two attached hydrogens (primary N) is 1. The molecule has 2 N–H and O–H groups in total. The third kappa shape index (κ3) is 9.57. The van der Waals surface area contributed by atoms with E-state index in [0.29, 0.717) is 0 Å². The minimum absolute atomic E-state index is 0.826. The van der Waals surface area contributed by atoms with Crippen molar-refractivity contribution in [3.8, 4) is 0 Å². The van der Waals surface area contributed by atoms with Crippen LogP contribution in [-0.2, 0) is 0 Å². The predicted molar refractivity (Wildman–Crippen MR) is 86.0 cm³/mol. The van der Waals surface area contributed by atoms with Gasteiger partial charge < -0.3 is 5.73 Å². The predicted octanol–water partition coefficient (Wildman–Crippen LogP) is 4.50. The number of hydrazone groups is 1. The Labute approximate surface area is 119 Å². The van der Waals surface area contributed by atoms with Crippen molar-refractivity contribution >= 4 is 6.72 Å². The molecule has 0 saturated heterocycles. The summed E-state index contributed by atoms with van der Waals surface area (Å²) in [5, 5.41) is 6.06. The van der Waals surface area contributed by atoms with E-state index in [1.165, 1.54) is 38.5 Å². The zero-order valence-corrected chi connectivity index (χ0v) is 13.2. The fourth-order valence-electron chi connectivity index (χ4n) is 2.13. The van der Waals surface area contributed by atoms with Gasteiger partial charge in [-0.1, -0.05) is 52.9 Å². The van der Waals surface area contributed by atoms with Crippen molar-refractivity contribution < 1.29 is 0 Å². The van der Waals surface area contributed by atoms with Crippen LogP contribution < -0.4 is 5.73 Å². The van der Waals surface area contributed by atoms with Gasteiger partial charge in [0.15, 0.2) is 0 Å². The first kappa shape index (κ1) is 18.0. The van der Waals surface area contributed by atoms with E-state index in [0.717, 1.165) is 31.0 Å². The second kappa shape index (κ2) is 12.1. The van der Waals surface area contributed by atoms with E-state index in [1.54, 1.807) is 6.20 Å². The quantitative estimate of drug-likeness (QED) is 0.321. The van der Waals surface area contributed by atoms with Crippen LogP contribution in [-0.4, -0.2) is 18.3 Å². The largest absolute Gasteiger partial charge is 0.403 e. The molecular weight excluding hydrogens is 234 g/mol. The number of hydrogen-bond donors (Lipinski definition) is 1. The fraction of sp³-hybridized carbons (Fsp3) is 0.812. The Kier molecular flexibility index (Phi) is 11.4. The molecule has 0 aromatic heterocycles. The Morgan fingerprint density at radius 1 is 1.21 bits per heavy atom. The molecule has 0 aliphatic carbocycles. The molecule has 0 saturated carbocycles. The minimum atomic E-state index is 0.826. The van der Waals surface area contributed by atoms with Crippen molar-refractivity contribution in [3.63, 3.8) is 0 Å². The topological polar surface area (TPSA) is 41.6 Å². The summed E-state index contributed by atoms with van der Waals surface area (Å²) < 4.78 is 0. The summed E-state index contributed by atoms with van der Waals surface area (Å²) in [7, 11) is 0. The van der Waals surface area contributed by atoms with Crippen molar-refractivity contribution in [1.29, 1.82) is 0 Å². The highest BCUT2D eigenvalue weighted by atomic mass is 15.4. The first-order valence-corrected chi connectivity index (χ1v) is 7.80. The van der Waals surface area contributed by atoms with Crippen LogP contribution in [0.4, 0.5) is 0 Å². The molecule has 0 amide bonds. The molecule has 0 aliphatic rings. The van der Waals surface area contributed by atoms with Gasteiger partial charge in [0.05, 0.1) is 5.70 Å². The van der Waals surface area contributed by atoms with Gasteiger partial charge >= 0.3 is 0 Å². The second-order valence-electron chi connectivity index (χ2n) is 5.62. The van der Waals surface area contributed by atoms with Crippen LogP contribution in [0.1, 0.15) is 72.1 Å². The summed E-state index contributed by atoms with van der Waals surface area (Å²) in [5.74, 6) is 0.826. The van der Waals surface area contributed by atoms with Crippen LogP contribution in [0.5, 0.6) is 0 Å². The normalized spacial score (nSPS) is 11.9. The van der Waals surface area contributed by atoms with Gasteiger partial charge in [0.1, 0.15) is 0 Å². The molecule has 0 rings (SSSR count). The summed E-state index contributed by atoms with van der Waals surface area (Å²) in [4.78, 5) is 0. The molecule has 112 valence electrons. The van der Waals surface area contributed by atoms with Crippen molar-refractivity contribution in [1.82, 2.24) is 5.01 Å². The molecular formula is C16H33N3. The standard InChI is InChI=1S/C16H33N3/c1-5-6-12-16(14-17)19(18-4)13-10-8-7-9-11-15(2)3/h14-15H,4-13,17H2,1-3H3/b16-14-. The molecule has 0 radical (unpaired) electrons. The minimum Gasteiger partial charge on any atom is -0.403 e. The van der Waals surface area contributed by atoms with Gasteiger partial charge in [0.2, 0.25) is 0 Å². The third-order valence-corrected chi connectivity index (χ3v) is 3.38. The van der Waals surface area contributed by atoms with Crippen molar-refractivity contribution in [3.05, 3.63) is 11.9 Å². The lowest BCUT2D eigenvalue weighted by atomic mass is 10.0. The summed E-state index contributed by atoms with van der Waals surface area (Å²) >= 11 is 0. The maximum Gasteiger partial charge on any atom is 0.0522 e. The van der Waals surface area contributed by atoms with Gasteiger partial charge in [-0.15, -0.1) is 0 Å². The van der Waals surface area contributed by atoms with E-state index in [4.69, 9.17) is 5.73 Å². The van der Waals surface area contributed by atoms with Crippen LogP contribution >= 0.6 is 0 Å². The van der Waals surface area contributed by atoms with Gasteiger partial charge in [-0.3, -0.25) is 5.01 Å². The Morgan fingerprint density at radius 3 is 2.42 bits per heavy atom. The maximum absolute atomic E-state index is 5.68. The van der Waals surface area contributed by atoms with E-state index in [9.17, 15) is 0 Å². The fourth-order valence-corrected chi connectivity index (χ4v) is 2.13. The lowest BCUT2D eigenvalue weighted by Gasteiger charge is -2.21. The van der Waals surface area contributed by atoms with E-state index in [2.05, 4.69) is 32.6 Å². The summed E-state index contributed by atoms with van der Waals surface area (Å²) in [5.41, 5.74) is 6.79. The third-order valence-electron chi connectivity index (χ3n) is 3.38. The van der Waals surface area contributed by atoms with E-state index >= 15 is 0 Å². The van der Waals surface area contributed by atoms with Crippen molar-refractivity contribution in [2.24, 2.45) is 16.8 Å². The van der Waals surface area contributed by atoms with Gasteiger partial charge in [0, 0.05) is 19.5 Å². The number of allylic oxidation sites excluding steroid dienone is 1. The second-order valence-corrected chi connectivity index (χ2v) is 5.62. The smallest absolute Gasteiger partial charge is 0.0522 e. The summed E-state index contributed by atoms with van der Waals surface area (Å²) in [6.45, 7) is 11.4. The Hall–Kier alpha value is -0.990. The first-order chi connectivity index (χ1) is 9.15. The summed E-state index contributed by atoms with van der Waals surface area (Å²) in [6, 6.07) is 0. The Bertz CT molecular complexity index is 246. The van der Waals surface area contributed by atoms with Gasteiger partial charge in [-0.25, -0.2) is 0 Å². The number of rotatable bonds is 12. The highest BCUT2D eigenvalue weighted by Crippen LogP contribution is 2.15. The summed E-state index contributed by atoms with van der Waals surface area (Å²) in [6.07, 6.45) is 11.5. The molecule has 0 spiro atoms. The van der Waals surface area contributed by atoms with Crippen molar-refractivity contribution in [2.75, 3.05) is 6.54 Å². The molecule has 0 atom stereocenters. The highest BCUT2D eigenvalue weighted by Gasteiger charge is 2.06. The molecule has 0 aromatic carbocycles. The zero-order chi connectivity index (χ0) is 14.5. The lowest BCUT2D eigenvalue weighted by Crippen LogP contribution is -2.19. The SMILES string of the molecule is C=NN(CCCCCCC(C)C)/C(=C\N)CCCC. The zero-order valence-electron chi connectivity index (χ0n) is 13.2. The Balaban J connectivity index is 3.83. The molecule has 19 heavy (non-hydrogen) atoms. The number of nitrogens with zero attached hydrogens (tertiary/aromatic N) is 2. The maximum atomic E-state index is 5.68. The highest BCUT2D eigenvalue weighted by molar-refractivity contribution is 5.23. The molecule has 0 aromatic rings. The van der Waals surface area contributed by atoms with Gasteiger partial charge in [-0.05, 0) is 25.2 Å². The van der Waals surface area contributed by atoms with Crippen LogP contribution in [0.3, 0.4) is 0 Å². The van der Waals surface area contributed by atoms with Crippen LogP contribution in [0.2, 0.25) is 0 Å². The van der Waals surface area contributed by atoms with Crippen LogP contribution in [0.25, 0.3) is 0 Å². The van der Waals surface area contributed by atoms with Crippen molar-refractivity contribution in [2.45, 2.75) is 72.1 Å². The Morgan fingerprint density at radius 2 is 1.89 bits per heavy atom. The molecule has 0 fully saturated rings. The van der Waals surface area contributed by atoms with E-state index in [-0.39, 0.29) is 0 Å². The first-order valence-electron chi connectivity index (χ1n) is 7.80. The van der Waals surface area contributed by atoms with Crippen LogP contribution in [0, 0.1) is 5.92 Å². The monoisotopic (exact) mass is 267 g/mol. The molecule has 0 unspecified atom stereocenters. The average Bonchev–Trinajstić information content (AvgIpc) is 2.40. The number of hydrogen-bond acceptors (Lipinski definition) is 3. The van der Waals surface area contributed by atoms with E-state index < -0.39 is 0 Å².